The van der Waals surface area contributed by atoms with Crippen molar-refractivity contribution >= 4 is 30.1 Å². The maximum absolute atomic E-state index is 10.9. The third-order valence-electron chi connectivity index (χ3n) is 3.91. The first-order chi connectivity index (χ1) is 11.2. The number of carbonyl (C=O) groups excluding carboxylic acids is 1. The molecule has 1 aromatic carbocycles. The summed E-state index contributed by atoms with van der Waals surface area (Å²) in [5, 5.41) is 15.2. The quantitative estimate of drug-likeness (QED) is 0.366. The van der Waals surface area contributed by atoms with Crippen LogP contribution in [0.3, 0.4) is 0 Å². The van der Waals surface area contributed by atoms with E-state index in [1.165, 1.54) is 26.2 Å². The Hall–Kier alpha value is -1.27. The van der Waals surface area contributed by atoms with E-state index >= 15 is 0 Å². The van der Waals surface area contributed by atoms with Gasteiger partial charge in [0.1, 0.15) is 0 Å². The summed E-state index contributed by atoms with van der Waals surface area (Å²) >= 11 is -4.98. The number of phenols is 1. The summed E-state index contributed by atoms with van der Waals surface area (Å²) in [6.45, 7) is 10.4. The first-order valence-electron chi connectivity index (χ1n) is 8.18. The third-order valence-corrected chi connectivity index (χ3v) is 5.90. The van der Waals surface area contributed by atoms with Crippen molar-refractivity contribution in [3.63, 3.8) is 0 Å². The summed E-state index contributed by atoms with van der Waals surface area (Å²) in [6.07, 6.45) is 4.00. The number of carbonyl (C=O) groups is 1. The molecule has 0 bridgehead atoms. The number of rotatable bonds is 2. The monoisotopic (exact) mass is 416 g/mol. The number of hydrogen-bond acceptors (Lipinski definition) is 4. The van der Waals surface area contributed by atoms with Crippen molar-refractivity contribution in [3.05, 3.63) is 18.2 Å². The summed E-state index contributed by atoms with van der Waals surface area (Å²) in [6, 6.07) is 3.32. The molecule has 8 heteroatoms. The van der Waals surface area contributed by atoms with E-state index in [0.29, 0.717) is 11.1 Å². The van der Waals surface area contributed by atoms with Crippen LogP contribution in [0.15, 0.2) is 18.2 Å². The minimum Gasteiger partial charge on any atom is -0.307 e. The number of piperidine rings is 1. The fraction of sp³-hybridized carbons (Fsp3) is 0.588. The van der Waals surface area contributed by atoms with Gasteiger partial charge in [-0.05, 0) is 47.0 Å². The standard InChI is InChI=1S/C9H19N.C8H10AsNO5/c1-8(2)6-5-7-9(3,4)10-8;1-5(11)10-7-4-6(9(13,14)15)2-3-8(7)12/h10H,5-7H2,1-4H3;2-4,12H,1H3,(H,10,11)(H2,13,14,15). The molecule has 0 unspecified atom stereocenters. The summed E-state index contributed by atoms with van der Waals surface area (Å²) in [5.41, 5.74) is 0.716. The Morgan fingerprint density at radius 2 is 1.68 bits per heavy atom. The van der Waals surface area contributed by atoms with Gasteiger partial charge >= 0.3 is 88.1 Å². The van der Waals surface area contributed by atoms with E-state index in [1.54, 1.807) is 0 Å². The van der Waals surface area contributed by atoms with E-state index in [0.717, 1.165) is 18.2 Å². The molecule has 1 heterocycles. The van der Waals surface area contributed by atoms with Crippen molar-refractivity contribution in [2.24, 2.45) is 0 Å². The van der Waals surface area contributed by atoms with Gasteiger partial charge in [-0.15, -0.1) is 0 Å². The van der Waals surface area contributed by atoms with Crippen LogP contribution in [0.2, 0.25) is 0 Å². The van der Waals surface area contributed by atoms with E-state index in [1.807, 2.05) is 0 Å². The smallest absolute Gasteiger partial charge is 0.0130 e. The molecule has 7 nitrogen and oxygen atoms in total. The number of anilines is 1. The molecule has 1 saturated heterocycles. The number of amides is 1. The molecular weight excluding hydrogens is 387 g/mol. The van der Waals surface area contributed by atoms with Crippen molar-refractivity contribution < 1.29 is 21.8 Å². The fourth-order valence-electron chi connectivity index (χ4n) is 3.01. The average molecular weight is 416 g/mol. The van der Waals surface area contributed by atoms with Gasteiger partial charge in [-0.2, -0.15) is 0 Å². The second kappa shape index (κ2) is 7.95. The molecular formula is C17H29AsN2O5. The SMILES string of the molecule is CC(=O)Nc1cc([As](=O)(O)O)ccc1O.CC1(C)CCCC(C)(C)N1. The van der Waals surface area contributed by atoms with Crippen LogP contribution in [-0.2, 0) is 8.53 Å². The van der Waals surface area contributed by atoms with Crippen molar-refractivity contribution in [1.82, 2.24) is 5.32 Å². The Balaban J connectivity index is 0.000000271. The Labute approximate surface area is 151 Å². The first-order valence-corrected chi connectivity index (χ1v) is 11.6. The zero-order valence-electron chi connectivity index (χ0n) is 15.5. The van der Waals surface area contributed by atoms with E-state index in [9.17, 15) is 13.6 Å². The van der Waals surface area contributed by atoms with Gasteiger partial charge < -0.3 is 5.32 Å². The van der Waals surface area contributed by atoms with E-state index in [-0.39, 0.29) is 15.8 Å². The first kappa shape index (κ1) is 21.8. The van der Waals surface area contributed by atoms with Gasteiger partial charge in [-0.3, -0.25) is 0 Å². The van der Waals surface area contributed by atoms with Crippen LogP contribution in [0.5, 0.6) is 5.75 Å². The maximum Gasteiger partial charge on any atom is 0.0130 e. The normalized spacial score (nSPS) is 18.7. The minimum atomic E-state index is -4.98. The van der Waals surface area contributed by atoms with Gasteiger partial charge in [0.15, 0.2) is 0 Å². The number of phenolic OH excluding ortho intramolecular Hbond substituents is 1. The molecule has 1 amide bonds. The molecule has 0 aliphatic carbocycles. The zero-order chi connectivity index (χ0) is 19.5. The van der Waals surface area contributed by atoms with Gasteiger partial charge in [0.05, 0.1) is 0 Å². The van der Waals surface area contributed by atoms with Crippen molar-refractivity contribution in [2.45, 2.75) is 65.0 Å². The van der Waals surface area contributed by atoms with Crippen LogP contribution in [0.4, 0.5) is 5.69 Å². The largest absolute Gasteiger partial charge is 0.307 e. The topological polar surface area (TPSA) is 119 Å². The molecule has 1 fully saturated rings. The Morgan fingerprint density at radius 1 is 1.16 bits per heavy atom. The van der Waals surface area contributed by atoms with E-state index < -0.39 is 20.1 Å². The average Bonchev–Trinajstić information content (AvgIpc) is 2.37. The molecule has 0 radical (unpaired) electrons. The van der Waals surface area contributed by atoms with Crippen LogP contribution in [0.25, 0.3) is 0 Å². The van der Waals surface area contributed by atoms with E-state index in [2.05, 4.69) is 38.3 Å². The Bertz CT molecular complexity index is 653. The molecule has 25 heavy (non-hydrogen) atoms. The number of nitrogens with one attached hydrogen (secondary N) is 2. The van der Waals surface area contributed by atoms with Crippen molar-refractivity contribution in [3.8, 4) is 5.75 Å². The number of hydrogen-bond donors (Lipinski definition) is 5. The summed E-state index contributed by atoms with van der Waals surface area (Å²) < 4.78 is 28.6. The molecule has 5 N–H and O–H groups in total. The van der Waals surface area contributed by atoms with Crippen LogP contribution in [0, 0.1) is 0 Å². The molecule has 1 aliphatic heterocycles. The molecule has 0 atom stereocenters. The van der Waals surface area contributed by atoms with Gasteiger partial charge in [0, 0.05) is 11.1 Å². The maximum atomic E-state index is 10.9. The summed E-state index contributed by atoms with van der Waals surface area (Å²) in [5.74, 6) is -0.668. The predicted molar refractivity (Wildman–Crippen MR) is 98.1 cm³/mol. The van der Waals surface area contributed by atoms with Crippen molar-refractivity contribution in [2.75, 3.05) is 5.32 Å². The Kier molecular flexibility index (Phi) is 6.93. The van der Waals surface area contributed by atoms with Gasteiger partial charge in [-0.1, -0.05) is 0 Å². The van der Waals surface area contributed by atoms with Crippen LogP contribution >= 0.6 is 0 Å². The van der Waals surface area contributed by atoms with Gasteiger partial charge in [0.2, 0.25) is 0 Å². The van der Waals surface area contributed by atoms with Crippen LogP contribution < -0.4 is 15.0 Å². The minimum absolute atomic E-state index is 0.00951. The number of aromatic hydroxyl groups is 1. The summed E-state index contributed by atoms with van der Waals surface area (Å²) in [4.78, 5) is 10.7. The van der Waals surface area contributed by atoms with Gasteiger partial charge in [-0.25, -0.2) is 0 Å². The molecule has 0 saturated carbocycles. The summed E-state index contributed by atoms with van der Waals surface area (Å²) in [7, 11) is 0. The van der Waals surface area contributed by atoms with Crippen molar-refractivity contribution in [1.29, 1.82) is 0 Å². The second-order valence-electron chi connectivity index (χ2n) is 7.67. The fourth-order valence-corrected chi connectivity index (χ4v) is 4.20. The molecule has 142 valence electrons. The molecule has 1 aromatic rings. The molecule has 2 rings (SSSR count). The second-order valence-corrected chi connectivity index (χ2v) is 11.0. The van der Waals surface area contributed by atoms with Gasteiger partial charge in [0.25, 0.3) is 0 Å². The zero-order valence-corrected chi connectivity index (χ0v) is 17.3. The molecule has 0 spiro atoms. The van der Waals surface area contributed by atoms with Crippen LogP contribution in [-0.4, -0.2) is 44.5 Å². The number of benzene rings is 1. The molecule has 0 aromatic heterocycles. The molecule has 1 aliphatic rings. The third kappa shape index (κ3) is 7.65. The predicted octanol–water partition coefficient (Wildman–Crippen LogP) is 1.23. The Morgan fingerprint density at radius 3 is 2.04 bits per heavy atom. The van der Waals surface area contributed by atoms with E-state index in [4.69, 9.17) is 8.19 Å². The van der Waals surface area contributed by atoms with Crippen LogP contribution in [0.1, 0.15) is 53.9 Å².